The van der Waals surface area contributed by atoms with Gasteiger partial charge < -0.3 is 18.9 Å². The first-order valence-electron chi connectivity index (χ1n) is 13.1. The molecule has 4 aromatic rings. The number of carbonyl (C=O) groups is 1. The summed E-state index contributed by atoms with van der Waals surface area (Å²) < 4.78 is 24.2. The van der Waals surface area contributed by atoms with Crippen LogP contribution in [0.1, 0.15) is 40.9 Å². The fourth-order valence-electron chi connectivity index (χ4n) is 3.85. The summed E-state index contributed by atoms with van der Waals surface area (Å²) in [4.78, 5) is 12.8. The van der Waals surface area contributed by atoms with Gasteiger partial charge in [-0.15, -0.1) is 0 Å². The van der Waals surface area contributed by atoms with Gasteiger partial charge in [-0.05, 0) is 88.9 Å². The number of hydrazone groups is 1. The molecule has 0 aliphatic carbocycles. The summed E-state index contributed by atoms with van der Waals surface area (Å²) >= 11 is 9.65. The molecular weight excluding hydrogens is 608 g/mol. The lowest BCUT2D eigenvalue weighted by molar-refractivity contribution is 0.0954. The van der Waals surface area contributed by atoms with Crippen molar-refractivity contribution >= 4 is 39.7 Å². The van der Waals surface area contributed by atoms with Crippen LogP contribution in [0, 0.1) is 0 Å². The molecule has 212 valence electrons. The van der Waals surface area contributed by atoms with Gasteiger partial charge >= 0.3 is 0 Å². The maximum Gasteiger partial charge on any atom is 0.271 e. The van der Waals surface area contributed by atoms with Gasteiger partial charge in [-0.3, -0.25) is 4.79 Å². The highest BCUT2D eigenvalue weighted by Crippen LogP contribution is 2.37. The summed E-state index contributed by atoms with van der Waals surface area (Å²) in [6.45, 7) is 5.36. The molecule has 1 amide bonds. The molecule has 41 heavy (non-hydrogen) atoms. The Hall–Kier alpha value is -4.01. The Labute approximate surface area is 253 Å². The van der Waals surface area contributed by atoms with Crippen LogP contribution in [0.3, 0.4) is 0 Å². The quantitative estimate of drug-likeness (QED) is 0.119. The molecule has 7 nitrogen and oxygen atoms in total. The SMILES string of the molecule is CCOc1cc(C(=O)N/N=C/c2cc(Br)c(OCc3cccc(Cl)c3)c(OCC)c2)ccc1OCc1ccccc1. The minimum Gasteiger partial charge on any atom is -0.490 e. The molecule has 0 aliphatic rings. The van der Waals surface area contributed by atoms with Crippen molar-refractivity contribution in [3.63, 3.8) is 0 Å². The van der Waals surface area contributed by atoms with E-state index in [2.05, 4.69) is 26.5 Å². The first kappa shape index (κ1) is 30.0. The number of halogens is 2. The number of ether oxygens (including phenoxy) is 4. The van der Waals surface area contributed by atoms with Crippen LogP contribution >= 0.6 is 27.5 Å². The minimum absolute atomic E-state index is 0.322. The van der Waals surface area contributed by atoms with Gasteiger partial charge in [0.25, 0.3) is 5.91 Å². The zero-order valence-corrected chi connectivity index (χ0v) is 25.1. The van der Waals surface area contributed by atoms with Crippen LogP contribution in [0.15, 0.2) is 94.5 Å². The zero-order chi connectivity index (χ0) is 29.0. The fourth-order valence-corrected chi connectivity index (χ4v) is 4.64. The number of amides is 1. The minimum atomic E-state index is -0.387. The molecule has 0 unspecified atom stereocenters. The molecule has 4 rings (SSSR count). The van der Waals surface area contributed by atoms with E-state index in [1.807, 2.05) is 74.5 Å². The molecule has 0 aliphatic heterocycles. The van der Waals surface area contributed by atoms with E-state index in [9.17, 15) is 4.79 Å². The Bertz CT molecular complexity index is 1500. The second-order valence-corrected chi connectivity index (χ2v) is 10.0. The molecule has 0 heterocycles. The van der Waals surface area contributed by atoms with Crippen molar-refractivity contribution in [1.82, 2.24) is 5.43 Å². The van der Waals surface area contributed by atoms with E-state index in [0.29, 0.717) is 70.0 Å². The lowest BCUT2D eigenvalue weighted by Crippen LogP contribution is -2.17. The van der Waals surface area contributed by atoms with Gasteiger partial charge in [0.2, 0.25) is 0 Å². The molecule has 0 bridgehead atoms. The Morgan fingerprint density at radius 1 is 0.805 bits per heavy atom. The smallest absolute Gasteiger partial charge is 0.271 e. The molecular formula is C32H30BrClN2O5. The molecule has 1 N–H and O–H groups in total. The van der Waals surface area contributed by atoms with E-state index in [4.69, 9.17) is 30.5 Å². The second-order valence-electron chi connectivity index (χ2n) is 8.75. The second kappa shape index (κ2) is 15.1. The van der Waals surface area contributed by atoms with E-state index >= 15 is 0 Å². The van der Waals surface area contributed by atoms with Gasteiger partial charge in [-0.2, -0.15) is 5.10 Å². The van der Waals surface area contributed by atoms with Crippen LogP contribution in [-0.2, 0) is 13.2 Å². The maximum absolute atomic E-state index is 12.8. The molecule has 0 radical (unpaired) electrons. The van der Waals surface area contributed by atoms with Crippen LogP contribution in [0.25, 0.3) is 0 Å². The van der Waals surface area contributed by atoms with Crippen molar-refractivity contribution in [1.29, 1.82) is 0 Å². The van der Waals surface area contributed by atoms with Gasteiger partial charge in [-0.25, -0.2) is 5.43 Å². The van der Waals surface area contributed by atoms with E-state index < -0.39 is 0 Å². The Morgan fingerprint density at radius 2 is 1.54 bits per heavy atom. The summed E-state index contributed by atoms with van der Waals surface area (Å²) in [5, 5.41) is 4.78. The van der Waals surface area contributed by atoms with Crippen LogP contribution < -0.4 is 24.4 Å². The predicted octanol–water partition coefficient (Wildman–Crippen LogP) is 7.82. The summed E-state index contributed by atoms with van der Waals surface area (Å²) in [6.07, 6.45) is 1.53. The lowest BCUT2D eigenvalue weighted by atomic mass is 10.2. The highest BCUT2D eigenvalue weighted by atomic mass is 79.9. The van der Waals surface area contributed by atoms with E-state index in [1.54, 1.807) is 24.3 Å². The number of carbonyl (C=O) groups excluding carboxylic acids is 1. The maximum atomic E-state index is 12.8. The Balaban J connectivity index is 1.42. The van der Waals surface area contributed by atoms with Crippen molar-refractivity contribution in [2.75, 3.05) is 13.2 Å². The first-order valence-corrected chi connectivity index (χ1v) is 14.2. The molecule has 0 saturated heterocycles. The van der Waals surface area contributed by atoms with Gasteiger partial charge in [-0.1, -0.05) is 54.1 Å². The number of nitrogens with zero attached hydrogens (tertiary/aromatic N) is 1. The molecule has 0 atom stereocenters. The van der Waals surface area contributed by atoms with Gasteiger partial charge in [0, 0.05) is 10.6 Å². The molecule has 0 spiro atoms. The average molecular weight is 638 g/mol. The molecule has 9 heteroatoms. The summed E-state index contributed by atoms with van der Waals surface area (Å²) in [6, 6.07) is 26.0. The number of hydrogen-bond donors (Lipinski definition) is 1. The Kier molecular flexibility index (Phi) is 11.0. The van der Waals surface area contributed by atoms with Gasteiger partial charge in [0.1, 0.15) is 13.2 Å². The molecule has 4 aromatic carbocycles. The van der Waals surface area contributed by atoms with Crippen molar-refractivity contribution in [2.24, 2.45) is 5.10 Å². The fraction of sp³-hybridized carbons (Fsp3) is 0.188. The molecule has 0 fully saturated rings. The third-order valence-electron chi connectivity index (χ3n) is 5.73. The third kappa shape index (κ3) is 8.74. The summed E-state index contributed by atoms with van der Waals surface area (Å²) in [5.74, 6) is 1.76. The summed E-state index contributed by atoms with van der Waals surface area (Å²) in [7, 11) is 0. The van der Waals surface area contributed by atoms with Crippen LogP contribution in [0.5, 0.6) is 23.0 Å². The first-order chi connectivity index (χ1) is 20.0. The monoisotopic (exact) mass is 636 g/mol. The van der Waals surface area contributed by atoms with Crippen LogP contribution in [0.2, 0.25) is 5.02 Å². The van der Waals surface area contributed by atoms with E-state index in [-0.39, 0.29) is 5.91 Å². The van der Waals surface area contributed by atoms with Gasteiger partial charge in [0.05, 0.1) is 23.9 Å². The van der Waals surface area contributed by atoms with Crippen LogP contribution in [0.4, 0.5) is 0 Å². The number of nitrogens with one attached hydrogen (secondary N) is 1. The molecule has 0 saturated carbocycles. The normalized spacial score (nSPS) is 10.8. The van der Waals surface area contributed by atoms with Crippen LogP contribution in [-0.4, -0.2) is 25.3 Å². The van der Waals surface area contributed by atoms with Gasteiger partial charge in [0.15, 0.2) is 23.0 Å². The number of rotatable bonds is 13. The van der Waals surface area contributed by atoms with Crippen molar-refractivity contribution in [2.45, 2.75) is 27.1 Å². The standard InChI is InChI=1S/C32H30BrClN2O5/c1-3-38-29-18-25(13-14-28(29)40-20-22-9-6-5-7-10-22)32(37)36-35-19-24-16-27(33)31(30(17-24)39-4-2)41-21-23-11-8-12-26(34)15-23/h5-19H,3-4,20-21H2,1-2H3,(H,36,37)/b35-19+. The van der Waals surface area contributed by atoms with E-state index in [1.165, 1.54) is 6.21 Å². The third-order valence-corrected chi connectivity index (χ3v) is 6.55. The molecule has 0 aromatic heterocycles. The predicted molar refractivity (Wildman–Crippen MR) is 165 cm³/mol. The van der Waals surface area contributed by atoms with Crippen molar-refractivity contribution in [3.8, 4) is 23.0 Å². The Morgan fingerprint density at radius 3 is 2.29 bits per heavy atom. The average Bonchev–Trinajstić information content (AvgIpc) is 2.97. The number of hydrogen-bond acceptors (Lipinski definition) is 6. The van der Waals surface area contributed by atoms with E-state index in [0.717, 1.165) is 11.1 Å². The summed E-state index contributed by atoms with van der Waals surface area (Å²) in [5.41, 5.74) is 5.62. The highest BCUT2D eigenvalue weighted by Gasteiger charge is 2.14. The number of benzene rings is 4. The largest absolute Gasteiger partial charge is 0.490 e. The van der Waals surface area contributed by atoms with Crippen molar-refractivity contribution < 1.29 is 23.7 Å². The topological polar surface area (TPSA) is 78.4 Å². The highest BCUT2D eigenvalue weighted by molar-refractivity contribution is 9.10. The van der Waals surface area contributed by atoms with Crippen molar-refractivity contribution in [3.05, 3.63) is 117 Å². The lowest BCUT2D eigenvalue weighted by Gasteiger charge is -2.15. The zero-order valence-electron chi connectivity index (χ0n) is 22.7.